The highest BCUT2D eigenvalue weighted by Gasteiger charge is 2.24. The molecule has 1 aromatic heterocycles. The second-order valence-electron chi connectivity index (χ2n) is 5.15. The zero-order valence-electron chi connectivity index (χ0n) is 10.9. The maximum atomic E-state index is 4.25. The number of nitrogens with zero attached hydrogens (tertiary/aromatic N) is 5. The number of hydrogen-bond acceptors (Lipinski definition) is 5. The number of hydrogen-bond donors (Lipinski definition) is 1. The summed E-state index contributed by atoms with van der Waals surface area (Å²) in [4.78, 5) is 3.99. The van der Waals surface area contributed by atoms with E-state index in [0.29, 0.717) is 6.04 Å². The number of aromatic nitrogens is 4. The van der Waals surface area contributed by atoms with Gasteiger partial charge in [0.15, 0.2) is 5.82 Å². The second kappa shape index (κ2) is 5.55. The van der Waals surface area contributed by atoms with E-state index in [4.69, 9.17) is 0 Å². The summed E-state index contributed by atoms with van der Waals surface area (Å²) in [5.41, 5.74) is 0. The Kier molecular flexibility index (Phi) is 4.06. The minimum absolute atomic E-state index is 0.590. The minimum Gasteiger partial charge on any atom is -0.314 e. The van der Waals surface area contributed by atoms with E-state index in [2.05, 4.69) is 39.5 Å². The van der Waals surface area contributed by atoms with E-state index < -0.39 is 0 Å². The van der Waals surface area contributed by atoms with E-state index >= 15 is 0 Å². The minimum atomic E-state index is 0.590. The van der Waals surface area contributed by atoms with Gasteiger partial charge in [0.2, 0.25) is 0 Å². The van der Waals surface area contributed by atoms with Crippen molar-refractivity contribution < 1.29 is 0 Å². The van der Waals surface area contributed by atoms with Crippen molar-refractivity contribution in [3.05, 3.63) is 5.82 Å². The lowest BCUT2D eigenvalue weighted by molar-refractivity contribution is 0.131. The lowest BCUT2D eigenvalue weighted by Crippen LogP contribution is -2.51. The molecule has 1 N–H and O–H groups in total. The van der Waals surface area contributed by atoms with Crippen molar-refractivity contribution in [2.75, 3.05) is 19.6 Å². The molecule has 1 aliphatic rings. The summed E-state index contributed by atoms with van der Waals surface area (Å²) >= 11 is 0. The van der Waals surface area contributed by atoms with Crippen LogP contribution in [-0.4, -0.2) is 50.8 Å². The van der Waals surface area contributed by atoms with E-state index in [1.54, 1.807) is 7.05 Å². The molecule has 96 valence electrons. The van der Waals surface area contributed by atoms with Crippen LogP contribution >= 0.6 is 0 Å². The summed E-state index contributed by atoms with van der Waals surface area (Å²) in [5.74, 6) is 1.54. The first-order valence-corrected chi connectivity index (χ1v) is 6.33. The summed E-state index contributed by atoms with van der Waals surface area (Å²) in [7, 11) is 1.81. The van der Waals surface area contributed by atoms with Gasteiger partial charge in [0, 0.05) is 25.7 Å². The van der Waals surface area contributed by atoms with Crippen LogP contribution in [0.2, 0.25) is 0 Å². The van der Waals surface area contributed by atoms with Gasteiger partial charge in [-0.2, -0.15) is 4.80 Å². The molecule has 0 saturated carbocycles. The molecule has 0 amide bonds. The third-order valence-corrected chi connectivity index (χ3v) is 3.11. The molecule has 2 heterocycles. The molecule has 6 heteroatoms. The number of aryl methyl sites for hydroxylation is 1. The molecule has 6 nitrogen and oxygen atoms in total. The highest BCUT2D eigenvalue weighted by molar-refractivity contribution is 4.85. The fraction of sp³-hybridized carbons (Fsp3) is 0.909. The molecule has 1 fully saturated rings. The first kappa shape index (κ1) is 12.4. The first-order chi connectivity index (χ1) is 8.15. The van der Waals surface area contributed by atoms with E-state index in [0.717, 1.165) is 37.9 Å². The van der Waals surface area contributed by atoms with Gasteiger partial charge in [-0.1, -0.05) is 13.8 Å². The predicted octanol–water partition coefficient (Wildman–Crippen LogP) is 0.0300. The van der Waals surface area contributed by atoms with Crippen molar-refractivity contribution >= 4 is 0 Å². The molecule has 2 rings (SSSR count). The zero-order chi connectivity index (χ0) is 12.3. The van der Waals surface area contributed by atoms with E-state index in [9.17, 15) is 0 Å². The van der Waals surface area contributed by atoms with Gasteiger partial charge >= 0.3 is 0 Å². The van der Waals surface area contributed by atoms with E-state index in [-0.39, 0.29) is 0 Å². The number of nitrogens with one attached hydrogen (secondary N) is 1. The average Bonchev–Trinajstić information content (AvgIpc) is 2.66. The highest BCUT2D eigenvalue weighted by atomic mass is 15.6. The Hall–Kier alpha value is -1.01. The lowest BCUT2D eigenvalue weighted by atomic mass is 10.0. The van der Waals surface area contributed by atoms with Crippen LogP contribution in [0.4, 0.5) is 0 Å². The highest BCUT2D eigenvalue weighted by Crippen LogP contribution is 2.14. The maximum absolute atomic E-state index is 4.25. The summed E-state index contributed by atoms with van der Waals surface area (Å²) < 4.78 is 0. The normalized spacial score (nSPS) is 22.2. The van der Waals surface area contributed by atoms with Gasteiger partial charge in [-0.3, -0.25) is 4.90 Å². The molecule has 0 aliphatic carbocycles. The quantitative estimate of drug-likeness (QED) is 0.802. The number of rotatable bonds is 4. The molecule has 0 spiro atoms. The predicted molar refractivity (Wildman–Crippen MR) is 65.3 cm³/mol. The Morgan fingerprint density at radius 2 is 2.29 bits per heavy atom. The molecular weight excluding hydrogens is 216 g/mol. The largest absolute Gasteiger partial charge is 0.314 e. The van der Waals surface area contributed by atoms with Crippen molar-refractivity contribution in [3.63, 3.8) is 0 Å². The van der Waals surface area contributed by atoms with Crippen LogP contribution in [0, 0.1) is 5.92 Å². The van der Waals surface area contributed by atoms with Crippen LogP contribution in [-0.2, 0) is 13.6 Å². The van der Waals surface area contributed by atoms with Crippen LogP contribution in [0.5, 0.6) is 0 Å². The average molecular weight is 238 g/mol. The van der Waals surface area contributed by atoms with Gasteiger partial charge in [-0.15, -0.1) is 10.2 Å². The molecule has 1 unspecified atom stereocenters. The molecule has 1 aromatic rings. The van der Waals surface area contributed by atoms with E-state index in [1.165, 1.54) is 11.2 Å². The molecule has 0 aromatic carbocycles. The van der Waals surface area contributed by atoms with Crippen molar-refractivity contribution in [1.82, 2.24) is 30.4 Å². The fourth-order valence-electron chi connectivity index (χ4n) is 2.36. The molecule has 17 heavy (non-hydrogen) atoms. The summed E-state index contributed by atoms with van der Waals surface area (Å²) in [5, 5.41) is 15.7. The zero-order valence-corrected chi connectivity index (χ0v) is 10.9. The van der Waals surface area contributed by atoms with Crippen LogP contribution in [0.15, 0.2) is 0 Å². The monoisotopic (exact) mass is 238 g/mol. The maximum Gasteiger partial charge on any atom is 0.188 e. The van der Waals surface area contributed by atoms with Crippen molar-refractivity contribution in [2.45, 2.75) is 32.9 Å². The van der Waals surface area contributed by atoms with Gasteiger partial charge in [-0.05, 0) is 17.6 Å². The van der Waals surface area contributed by atoms with Gasteiger partial charge in [0.05, 0.1) is 13.6 Å². The Morgan fingerprint density at radius 3 is 2.94 bits per heavy atom. The van der Waals surface area contributed by atoms with Crippen LogP contribution in [0.3, 0.4) is 0 Å². The molecule has 1 saturated heterocycles. The SMILES string of the molecule is CC(C)CC1CNCCN1Cc1nnn(C)n1. The summed E-state index contributed by atoms with van der Waals surface area (Å²) in [6.07, 6.45) is 1.22. The number of tetrazole rings is 1. The second-order valence-corrected chi connectivity index (χ2v) is 5.15. The van der Waals surface area contributed by atoms with Crippen LogP contribution in [0.1, 0.15) is 26.1 Å². The lowest BCUT2D eigenvalue weighted by Gasteiger charge is -2.36. The standard InChI is InChI=1S/C11H22N6/c1-9(2)6-10-7-12-4-5-17(10)8-11-13-15-16(3)14-11/h9-10,12H,4-8H2,1-3H3. The van der Waals surface area contributed by atoms with Gasteiger partial charge in [0.25, 0.3) is 0 Å². The molecule has 1 atom stereocenters. The number of piperazine rings is 1. The van der Waals surface area contributed by atoms with Crippen molar-refractivity contribution in [1.29, 1.82) is 0 Å². The molecular formula is C11H22N6. The van der Waals surface area contributed by atoms with Gasteiger partial charge < -0.3 is 5.32 Å². The third kappa shape index (κ3) is 3.47. The first-order valence-electron chi connectivity index (χ1n) is 6.33. The molecule has 0 radical (unpaired) electrons. The molecule has 0 bridgehead atoms. The van der Waals surface area contributed by atoms with Gasteiger partial charge in [-0.25, -0.2) is 0 Å². The Labute approximate surface area is 102 Å². The summed E-state index contributed by atoms with van der Waals surface area (Å²) in [6.45, 7) is 8.54. The van der Waals surface area contributed by atoms with Crippen molar-refractivity contribution in [3.8, 4) is 0 Å². The molecule has 1 aliphatic heterocycles. The smallest absolute Gasteiger partial charge is 0.188 e. The van der Waals surface area contributed by atoms with Crippen molar-refractivity contribution in [2.24, 2.45) is 13.0 Å². The van der Waals surface area contributed by atoms with Crippen LogP contribution in [0.25, 0.3) is 0 Å². The Balaban J connectivity index is 1.96. The third-order valence-electron chi connectivity index (χ3n) is 3.11. The summed E-state index contributed by atoms with van der Waals surface area (Å²) in [6, 6.07) is 0.590. The fourth-order valence-corrected chi connectivity index (χ4v) is 2.36. The van der Waals surface area contributed by atoms with E-state index in [1.807, 2.05) is 0 Å². The Bertz CT molecular complexity index is 347. The van der Waals surface area contributed by atoms with Crippen LogP contribution < -0.4 is 5.32 Å². The Morgan fingerprint density at radius 1 is 1.47 bits per heavy atom. The van der Waals surface area contributed by atoms with Gasteiger partial charge in [0.1, 0.15) is 0 Å². The topological polar surface area (TPSA) is 58.9 Å².